The third kappa shape index (κ3) is 4.08. The Balaban J connectivity index is 2.06. The molecule has 0 bridgehead atoms. The molecule has 0 spiro atoms. The third-order valence-electron chi connectivity index (χ3n) is 3.79. The number of aliphatic carboxylic acids is 1. The lowest BCUT2D eigenvalue weighted by Crippen LogP contribution is -2.33. The molecule has 20 heavy (non-hydrogen) atoms. The monoisotopic (exact) mass is 274 g/mol. The predicted octanol–water partition coefficient (Wildman–Crippen LogP) is 2.02. The number of carboxylic acid groups (broad SMARTS) is 1. The van der Waals surface area contributed by atoms with Crippen LogP contribution in [0.15, 0.2) is 35.3 Å². The summed E-state index contributed by atoms with van der Waals surface area (Å²) in [5.41, 5.74) is 0.889. The van der Waals surface area contributed by atoms with Gasteiger partial charge >= 0.3 is 5.97 Å². The van der Waals surface area contributed by atoms with Crippen molar-refractivity contribution in [2.24, 2.45) is 10.9 Å². The van der Waals surface area contributed by atoms with Crippen LogP contribution in [0.5, 0.6) is 0 Å². The van der Waals surface area contributed by atoms with E-state index in [0.717, 1.165) is 37.7 Å². The van der Waals surface area contributed by atoms with Gasteiger partial charge in [-0.1, -0.05) is 49.6 Å². The van der Waals surface area contributed by atoms with E-state index in [9.17, 15) is 15.0 Å². The van der Waals surface area contributed by atoms with Crippen LogP contribution in [0.2, 0.25) is 0 Å². The van der Waals surface area contributed by atoms with Gasteiger partial charge in [-0.15, -0.1) is 0 Å². The van der Waals surface area contributed by atoms with Crippen LogP contribution in [0, 0.1) is 5.92 Å². The summed E-state index contributed by atoms with van der Waals surface area (Å²) in [7, 11) is 0. The zero-order valence-corrected chi connectivity index (χ0v) is 11.5. The van der Waals surface area contributed by atoms with E-state index in [4.69, 9.17) is 0 Å². The van der Waals surface area contributed by atoms with E-state index >= 15 is 0 Å². The van der Waals surface area contributed by atoms with Crippen LogP contribution in [0.3, 0.4) is 0 Å². The minimum absolute atomic E-state index is 0.0682. The highest BCUT2D eigenvalue weighted by Crippen LogP contribution is 2.24. The molecular formula is C16H20NO3-. The minimum atomic E-state index is -1.03. The Bertz CT molecular complexity index is 464. The van der Waals surface area contributed by atoms with Crippen molar-refractivity contribution in [2.45, 2.75) is 44.6 Å². The molecule has 0 radical (unpaired) electrons. The number of benzene rings is 1. The van der Waals surface area contributed by atoms with Crippen molar-refractivity contribution in [1.82, 2.24) is 0 Å². The van der Waals surface area contributed by atoms with Gasteiger partial charge in [0, 0.05) is 6.42 Å². The van der Waals surface area contributed by atoms with Gasteiger partial charge in [-0.25, -0.2) is 4.79 Å². The van der Waals surface area contributed by atoms with Crippen LogP contribution >= 0.6 is 0 Å². The average molecular weight is 274 g/mol. The molecule has 1 saturated carbocycles. The second-order valence-corrected chi connectivity index (χ2v) is 5.35. The fourth-order valence-electron chi connectivity index (χ4n) is 2.63. The molecule has 1 fully saturated rings. The van der Waals surface area contributed by atoms with Crippen molar-refractivity contribution in [3.8, 4) is 0 Å². The Labute approximate surface area is 119 Å². The van der Waals surface area contributed by atoms with E-state index in [2.05, 4.69) is 4.99 Å². The topological polar surface area (TPSA) is 72.7 Å². The lowest BCUT2D eigenvalue weighted by atomic mass is 9.89. The van der Waals surface area contributed by atoms with Gasteiger partial charge < -0.3 is 10.2 Å². The molecule has 1 unspecified atom stereocenters. The second-order valence-electron chi connectivity index (χ2n) is 5.35. The lowest BCUT2D eigenvalue weighted by molar-refractivity contribution is -0.225. The number of hydrogen-bond donors (Lipinski definition) is 1. The molecule has 1 atom stereocenters. The van der Waals surface area contributed by atoms with E-state index in [1.54, 1.807) is 0 Å². The van der Waals surface area contributed by atoms with Gasteiger partial charge in [-0.2, -0.15) is 0 Å². The van der Waals surface area contributed by atoms with Gasteiger partial charge in [0.1, 0.15) is 6.04 Å². The fourth-order valence-corrected chi connectivity index (χ4v) is 2.63. The van der Waals surface area contributed by atoms with Crippen LogP contribution < -0.4 is 5.11 Å². The fraction of sp³-hybridized carbons (Fsp3) is 0.500. The van der Waals surface area contributed by atoms with Gasteiger partial charge in [0.15, 0.2) is 0 Å². The molecule has 1 N–H and O–H groups in total. The van der Waals surface area contributed by atoms with E-state index in [1.165, 1.54) is 0 Å². The van der Waals surface area contributed by atoms with Gasteiger partial charge in [0.05, 0.1) is 0 Å². The van der Waals surface area contributed by atoms with Crippen LogP contribution in [-0.2, 0) is 11.2 Å². The molecule has 2 rings (SSSR count). The molecule has 0 aliphatic heterocycles. The SMILES string of the molecule is O=C(O)C(Cc1ccccc1)N=C([O-])C1CCCCC1. The first kappa shape index (κ1) is 14.6. The Morgan fingerprint density at radius 1 is 1.25 bits per heavy atom. The van der Waals surface area contributed by atoms with E-state index < -0.39 is 12.0 Å². The number of nitrogens with zero attached hydrogens (tertiary/aromatic N) is 1. The molecule has 0 amide bonds. The van der Waals surface area contributed by atoms with Crippen molar-refractivity contribution in [2.75, 3.05) is 0 Å². The van der Waals surface area contributed by atoms with E-state index in [1.807, 2.05) is 30.3 Å². The molecule has 4 heteroatoms. The first-order valence-electron chi connectivity index (χ1n) is 7.18. The summed E-state index contributed by atoms with van der Waals surface area (Å²) in [5, 5.41) is 21.3. The Kier molecular flexibility index (Phi) is 5.16. The number of aliphatic imine (C=N–C) groups is 1. The molecule has 108 valence electrons. The normalized spacial score (nSPS) is 18.7. The maximum atomic E-state index is 12.1. The van der Waals surface area contributed by atoms with E-state index in [-0.39, 0.29) is 18.2 Å². The smallest absolute Gasteiger partial charge is 0.328 e. The highest BCUT2D eigenvalue weighted by atomic mass is 16.4. The first-order valence-corrected chi connectivity index (χ1v) is 7.18. The number of carbonyl (C=O) groups is 1. The quantitative estimate of drug-likeness (QED) is 0.659. The molecule has 4 nitrogen and oxygen atoms in total. The maximum absolute atomic E-state index is 12.1. The Hall–Kier alpha value is -1.84. The van der Waals surface area contributed by atoms with Crippen LogP contribution in [0.25, 0.3) is 0 Å². The van der Waals surface area contributed by atoms with E-state index in [0.29, 0.717) is 0 Å². The molecule has 0 heterocycles. The van der Waals surface area contributed by atoms with Gasteiger partial charge in [-0.05, 0) is 30.2 Å². The third-order valence-corrected chi connectivity index (χ3v) is 3.79. The molecule has 0 saturated heterocycles. The second kappa shape index (κ2) is 7.08. The number of carboxylic acids is 1. The van der Waals surface area contributed by atoms with Crippen LogP contribution in [0.1, 0.15) is 37.7 Å². The minimum Gasteiger partial charge on any atom is -0.862 e. The molecule has 1 aliphatic carbocycles. The highest BCUT2D eigenvalue weighted by Gasteiger charge is 2.19. The molecule has 1 aliphatic rings. The standard InChI is InChI=1S/C16H21NO3/c18-15(13-9-5-2-6-10-13)17-14(16(19)20)11-12-7-3-1-4-8-12/h1,3-4,7-8,13-14H,2,5-6,9-11H2,(H,17,18)(H,19,20)/p-1. The van der Waals surface area contributed by atoms with Crippen molar-refractivity contribution >= 4 is 11.9 Å². The zero-order chi connectivity index (χ0) is 14.4. The summed E-state index contributed by atoms with van der Waals surface area (Å²) >= 11 is 0. The molecule has 1 aromatic carbocycles. The largest absolute Gasteiger partial charge is 0.862 e. The van der Waals surface area contributed by atoms with Crippen LogP contribution in [-0.4, -0.2) is 23.0 Å². The highest BCUT2D eigenvalue weighted by molar-refractivity contribution is 5.81. The zero-order valence-electron chi connectivity index (χ0n) is 11.5. The predicted molar refractivity (Wildman–Crippen MR) is 75.6 cm³/mol. The maximum Gasteiger partial charge on any atom is 0.328 e. The number of hydrogen-bond acceptors (Lipinski definition) is 3. The molecular weight excluding hydrogens is 254 g/mol. The number of rotatable bonds is 5. The van der Waals surface area contributed by atoms with Crippen molar-refractivity contribution in [3.63, 3.8) is 0 Å². The Morgan fingerprint density at radius 3 is 2.50 bits per heavy atom. The van der Waals surface area contributed by atoms with Crippen LogP contribution in [0.4, 0.5) is 0 Å². The summed E-state index contributed by atoms with van der Waals surface area (Å²) < 4.78 is 0. The Morgan fingerprint density at radius 2 is 1.90 bits per heavy atom. The van der Waals surface area contributed by atoms with Crippen molar-refractivity contribution < 1.29 is 15.0 Å². The van der Waals surface area contributed by atoms with Crippen molar-refractivity contribution in [1.29, 1.82) is 0 Å². The summed E-state index contributed by atoms with van der Waals surface area (Å²) in [6, 6.07) is 8.34. The van der Waals surface area contributed by atoms with Crippen molar-refractivity contribution in [3.05, 3.63) is 35.9 Å². The van der Waals surface area contributed by atoms with Gasteiger partial charge in [-0.3, -0.25) is 4.99 Å². The summed E-state index contributed by atoms with van der Waals surface area (Å²) in [6.07, 6.45) is 5.22. The van der Waals surface area contributed by atoms with Gasteiger partial charge in [0.2, 0.25) is 0 Å². The summed E-state index contributed by atoms with van der Waals surface area (Å²) in [4.78, 5) is 15.2. The summed E-state index contributed by atoms with van der Waals surface area (Å²) in [6.45, 7) is 0. The average Bonchev–Trinajstić information content (AvgIpc) is 2.48. The molecule has 1 aromatic rings. The molecule has 0 aromatic heterocycles. The lowest BCUT2D eigenvalue weighted by Gasteiger charge is -2.27. The summed E-state index contributed by atoms with van der Waals surface area (Å²) in [5.74, 6) is -1.33. The first-order chi connectivity index (χ1) is 9.66. The van der Waals surface area contributed by atoms with Gasteiger partial charge in [0.25, 0.3) is 0 Å².